The maximum atomic E-state index is 13.0. The van der Waals surface area contributed by atoms with E-state index in [-0.39, 0.29) is 24.0 Å². The van der Waals surface area contributed by atoms with Gasteiger partial charge < -0.3 is 9.15 Å². The van der Waals surface area contributed by atoms with E-state index in [0.717, 1.165) is 0 Å². The predicted molar refractivity (Wildman–Crippen MR) is 94.4 cm³/mol. The first kappa shape index (κ1) is 18.4. The number of benzene rings is 2. The first-order valence-electron chi connectivity index (χ1n) is 7.65. The summed E-state index contributed by atoms with van der Waals surface area (Å²) in [4.78, 5) is 12.1. The predicted octanol–water partition coefficient (Wildman–Crippen LogP) is 5.03. The van der Waals surface area contributed by atoms with Crippen LogP contribution in [-0.2, 0) is 16.0 Å². The molecule has 0 radical (unpaired) electrons. The van der Waals surface area contributed by atoms with Gasteiger partial charge in [-0.3, -0.25) is 4.79 Å². The summed E-state index contributed by atoms with van der Waals surface area (Å²) in [7, 11) is 0. The molecule has 26 heavy (non-hydrogen) atoms. The van der Waals surface area contributed by atoms with Crippen LogP contribution in [-0.4, -0.2) is 16.2 Å². The average molecular weight is 395 g/mol. The number of carbonyl (C=O) groups is 1. The van der Waals surface area contributed by atoms with Crippen molar-refractivity contribution < 1.29 is 18.3 Å². The van der Waals surface area contributed by atoms with Gasteiger partial charge >= 0.3 is 5.97 Å². The Bertz CT molecular complexity index is 908. The van der Waals surface area contributed by atoms with Gasteiger partial charge in [-0.2, -0.15) is 0 Å². The molecule has 0 N–H and O–H groups in total. The van der Waals surface area contributed by atoms with E-state index in [4.69, 9.17) is 32.4 Å². The first-order valence-corrected chi connectivity index (χ1v) is 8.41. The lowest BCUT2D eigenvalue weighted by molar-refractivity contribution is -0.148. The summed E-state index contributed by atoms with van der Waals surface area (Å²) in [5.41, 5.74) is 1.05. The van der Waals surface area contributed by atoms with Crippen molar-refractivity contribution in [1.82, 2.24) is 10.2 Å². The van der Waals surface area contributed by atoms with E-state index >= 15 is 0 Å². The monoisotopic (exact) mass is 394 g/mol. The van der Waals surface area contributed by atoms with Crippen LogP contribution in [0.25, 0.3) is 11.5 Å². The van der Waals surface area contributed by atoms with Gasteiger partial charge in [0.15, 0.2) is 6.10 Å². The molecule has 0 spiro atoms. The largest absolute Gasteiger partial charge is 0.452 e. The minimum absolute atomic E-state index is 0.0815. The van der Waals surface area contributed by atoms with Crippen molar-refractivity contribution in [3.05, 3.63) is 69.8 Å². The average Bonchev–Trinajstić information content (AvgIpc) is 3.09. The summed E-state index contributed by atoms with van der Waals surface area (Å²) in [5, 5.41) is 8.53. The highest BCUT2D eigenvalue weighted by Crippen LogP contribution is 2.26. The Kier molecular flexibility index (Phi) is 5.54. The summed E-state index contributed by atoms with van der Waals surface area (Å²) >= 11 is 12.1. The van der Waals surface area contributed by atoms with Crippen molar-refractivity contribution in [2.75, 3.05) is 0 Å². The molecule has 134 valence electrons. The molecule has 0 unspecified atom stereocenters. The minimum atomic E-state index is -0.759. The lowest BCUT2D eigenvalue weighted by Gasteiger charge is -2.11. The Hall–Kier alpha value is -2.44. The maximum Gasteiger partial charge on any atom is 0.311 e. The molecule has 0 aliphatic rings. The Morgan fingerprint density at radius 2 is 1.81 bits per heavy atom. The van der Waals surface area contributed by atoms with Crippen molar-refractivity contribution in [1.29, 1.82) is 0 Å². The molecule has 0 saturated heterocycles. The lowest BCUT2D eigenvalue weighted by Crippen LogP contribution is -2.12. The zero-order valence-electron chi connectivity index (χ0n) is 13.6. The molecule has 1 aromatic heterocycles. The van der Waals surface area contributed by atoms with Crippen LogP contribution in [0.1, 0.15) is 24.5 Å². The number of ether oxygens (including phenoxy) is 1. The van der Waals surface area contributed by atoms with E-state index in [0.29, 0.717) is 21.2 Å². The van der Waals surface area contributed by atoms with Crippen LogP contribution in [0.2, 0.25) is 10.0 Å². The van der Waals surface area contributed by atoms with Gasteiger partial charge in [0.25, 0.3) is 5.89 Å². The van der Waals surface area contributed by atoms with Gasteiger partial charge in [0.1, 0.15) is 5.82 Å². The Morgan fingerprint density at radius 1 is 1.15 bits per heavy atom. The number of esters is 1. The van der Waals surface area contributed by atoms with Crippen LogP contribution in [0.15, 0.2) is 46.9 Å². The molecule has 1 heterocycles. The van der Waals surface area contributed by atoms with Gasteiger partial charge in [-0.05, 0) is 43.3 Å². The molecule has 2 aromatic carbocycles. The van der Waals surface area contributed by atoms with Gasteiger partial charge in [0.2, 0.25) is 5.89 Å². The quantitative estimate of drug-likeness (QED) is 0.567. The van der Waals surface area contributed by atoms with Crippen LogP contribution in [0, 0.1) is 5.82 Å². The van der Waals surface area contributed by atoms with Gasteiger partial charge in [-0.15, -0.1) is 10.2 Å². The summed E-state index contributed by atoms with van der Waals surface area (Å²) in [6, 6.07) is 10.6. The van der Waals surface area contributed by atoms with E-state index in [2.05, 4.69) is 10.2 Å². The van der Waals surface area contributed by atoms with Crippen LogP contribution >= 0.6 is 23.2 Å². The number of nitrogens with zero attached hydrogens (tertiary/aromatic N) is 2. The Morgan fingerprint density at radius 3 is 2.46 bits per heavy atom. The van der Waals surface area contributed by atoms with Crippen LogP contribution < -0.4 is 0 Å². The number of aromatic nitrogens is 2. The molecular weight excluding hydrogens is 382 g/mol. The lowest BCUT2D eigenvalue weighted by atomic mass is 10.1. The molecule has 0 amide bonds. The van der Waals surface area contributed by atoms with E-state index in [1.54, 1.807) is 25.1 Å². The second kappa shape index (κ2) is 7.85. The Labute approximate surface area is 158 Å². The maximum absolute atomic E-state index is 13.0. The molecule has 0 bridgehead atoms. The van der Waals surface area contributed by atoms with Crippen molar-refractivity contribution >= 4 is 29.2 Å². The SMILES string of the molecule is C[C@H](OC(=O)Cc1c(Cl)cccc1Cl)c1nnc(-c2ccc(F)cc2)o1. The van der Waals surface area contributed by atoms with E-state index in [1.807, 2.05) is 0 Å². The fraction of sp³-hybridized carbons (Fsp3) is 0.167. The zero-order valence-corrected chi connectivity index (χ0v) is 15.1. The number of rotatable bonds is 5. The molecule has 0 saturated carbocycles. The molecule has 8 heteroatoms. The number of carbonyl (C=O) groups excluding carboxylic acids is 1. The highest BCUT2D eigenvalue weighted by molar-refractivity contribution is 6.36. The van der Waals surface area contributed by atoms with Gasteiger partial charge in [-0.25, -0.2) is 4.39 Å². The summed E-state index contributed by atoms with van der Waals surface area (Å²) in [6.45, 7) is 1.61. The third kappa shape index (κ3) is 4.20. The van der Waals surface area contributed by atoms with Gasteiger partial charge in [-0.1, -0.05) is 29.3 Å². The number of hydrogen-bond donors (Lipinski definition) is 0. The fourth-order valence-corrected chi connectivity index (χ4v) is 2.77. The highest BCUT2D eigenvalue weighted by atomic mass is 35.5. The number of hydrogen-bond acceptors (Lipinski definition) is 5. The van der Waals surface area contributed by atoms with Crippen molar-refractivity contribution in [3.8, 4) is 11.5 Å². The molecule has 0 fully saturated rings. The summed E-state index contributed by atoms with van der Waals surface area (Å²) in [5.74, 6) is -0.567. The standard InChI is InChI=1S/C18H13Cl2FN2O3/c1-10(25-16(24)9-13-14(19)3-2-4-15(13)20)17-22-23-18(26-17)11-5-7-12(21)8-6-11/h2-8,10H,9H2,1H3/t10-/m0/s1. The topological polar surface area (TPSA) is 65.2 Å². The van der Waals surface area contributed by atoms with Crippen molar-refractivity contribution in [3.63, 3.8) is 0 Å². The third-order valence-electron chi connectivity index (χ3n) is 3.57. The van der Waals surface area contributed by atoms with Crippen LogP contribution in [0.4, 0.5) is 4.39 Å². The van der Waals surface area contributed by atoms with Gasteiger partial charge in [0.05, 0.1) is 6.42 Å². The summed E-state index contributed by atoms with van der Waals surface area (Å²) < 4.78 is 23.8. The minimum Gasteiger partial charge on any atom is -0.452 e. The second-order valence-corrected chi connectivity index (χ2v) is 6.28. The van der Waals surface area contributed by atoms with Crippen LogP contribution in [0.5, 0.6) is 0 Å². The molecule has 0 aliphatic carbocycles. The van der Waals surface area contributed by atoms with E-state index in [9.17, 15) is 9.18 Å². The zero-order chi connectivity index (χ0) is 18.7. The molecular formula is C18H13Cl2FN2O3. The molecule has 1 atom stereocenters. The fourth-order valence-electron chi connectivity index (χ4n) is 2.24. The molecule has 0 aliphatic heterocycles. The summed E-state index contributed by atoms with van der Waals surface area (Å²) in [6.07, 6.45) is -0.840. The highest BCUT2D eigenvalue weighted by Gasteiger charge is 2.20. The second-order valence-electron chi connectivity index (χ2n) is 5.46. The van der Waals surface area contributed by atoms with E-state index < -0.39 is 12.1 Å². The van der Waals surface area contributed by atoms with E-state index in [1.165, 1.54) is 24.3 Å². The Balaban J connectivity index is 1.67. The molecule has 3 rings (SSSR count). The van der Waals surface area contributed by atoms with Crippen LogP contribution in [0.3, 0.4) is 0 Å². The normalized spacial score (nSPS) is 12.0. The van der Waals surface area contributed by atoms with Crippen molar-refractivity contribution in [2.45, 2.75) is 19.4 Å². The smallest absolute Gasteiger partial charge is 0.311 e. The first-order chi connectivity index (χ1) is 12.4. The van der Waals surface area contributed by atoms with Gasteiger partial charge in [0, 0.05) is 21.2 Å². The molecule has 5 nitrogen and oxygen atoms in total. The third-order valence-corrected chi connectivity index (χ3v) is 4.28. The number of halogens is 3. The molecule has 3 aromatic rings. The van der Waals surface area contributed by atoms with Crippen molar-refractivity contribution in [2.24, 2.45) is 0 Å².